The van der Waals surface area contributed by atoms with Gasteiger partial charge in [0, 0.05) is 39.3 Å². The Morgan fingerprint density at radius 2 is 1.95 bits per heavy atom. The Labute approximate surface area is 132 Å². The van der Waals surface area contributed by atoms with Gasteiger partial charge in [0.05, 0.1) is 17.2 Å². The molecule has 0 atom stereocenters. The number of aromatic nitrogens is 1. The molecule has 5 nitrogen and oxygen atoms in total. The molecule has 0 unspecified atom stereocenters. The molecule has 0 spiro atoms. The van der Waals surface area contributed by atoms with Crippen LogP contribution in [0.5, 0.6) is 0 Å². The molecule has 1 saturated heterocycles. The lowest BCUT2D eigenvalue weighted by atomic mass is 10.2. The quantitative estimate of drug-likeness (QED) is 0.821. The van der Waals surface area contributed by atoms with Crippen molar-refractivity contribution in [2.75, 3.05) is 58.3 Å². The minimum absolute atomic E-state index is 0.121. The molecule has 0 aliphatic carbocycles. The molecular weight excluding hydrogens is 284 g/mol. The monoisotopic (exact) mass is 312 g/mol. The maximum Gasteiger partial charge on any atom is 0.185 e. The summed E-state index contributed by atoms with van der Waals surface area (Å²) in [4.78, 5) is 12.9. The van der Waals surface area contributed by atoms with Crippen molar-refractivity contribution >= 4 is 16.5 Å². The van der Waals surface area contributed by atoms with Gasteiger partial charge in [-0.3, -0.25) is 4.90 Å². The second-order valence-electron chi connectivity index (χ2n) is 5.91. The number of anilines is 1. The fourth-order valence-corrected chi connectivity index (χ4v) is 3.58. The molecule has 120 valence electrons. The van der Waals surface area contributed by atoms with Crippen molar-refractivity contribution in [2.45, 2.75) is 26.4 Å². The van der Waals surface area contributed by atoms with Gasteiger partial charge in [0.2, 0.25) is 0 Å². The van der Waals surface area contributed by atoms with Crippen LogP contribution in [0.25, 0.3) is 0 Å². The van der Waals surface area contributed by atoms with Gasteiger partial charge in [-0.2, -0.15) is 0 Å². The van der Waals surface area contributed by atoms with E-state index in [1.54, 1.807) is 11.3 Å². The van der Waals surface area contributed by atoms with E-state index in [9.17, 15) is 5.11 Å². The molecule has 2 rings (SSSR count). The number of piperazine rings is 1. The fraction of sp³-hybridized carbons (Fsp3) is 0.800. The first-order valence-electron chi connectivity index (χ1n) is 7.85. The van der Waals surface area contributed by atoms with Crippen LogP contribution in [0.15, 0.2) is 0 Å². The fourth-order valence-electron chi connectivity index (χ4n) is 2.56. The largest absolute Gasteiger partial charge is 0.391 e. The minimum atomic E-state index is 0.121. The molecule has 0 radical (unpaired) electrons. The van der Waals surface area contributed by atoms with Gasteiger partial charge in [0.25, 0.3) is 0 Å². The van der Waals surface area contributed by atoms with E-state index in [4.69, 9.17) is 4.98 Å². The van der Waals surface area contributed by atoms with Gasteiger partial charge in [-0.05, 0) is 20.5 Å². The van der Waals surface area contributed by atoms with Crippen LogP contribution in [0.3, 0.4) is 0 Å². The zero-order valence-electron chi connectivity index (χ0n) is 13.5. The summed E-state index contributed by atoms with van der Waals surface area (Å²) >= 11 is 1.66. The molecule has 6 heteroatoms. The number of aryl methyl sites for hydroxylation is 1. The van der Waals surface area contributed by atoms with Crippen molar-refractivity contribution in [3.05, 3.63) is 10.6 Å². The van der Waals surface area contributed by atoms with Crippen molar-refractivity contribution < 1.29 is 5.11 Å². The van der Waals surface area contributed by atoms with Crippen LogP contribution >= 0.6 is 11.3 Å². The average molecular weight is 312 g/mol. The van der Waals surface area contributed by atoms with Crippen LogP contribution in [0, 0.1) is 0 Å². The van der Waals surface area contributed by atoms with Gasteiger partial charge in [-0.15, -0.1) is 0 Å². The van der Waals surface area contributed by atoms with Crippen molar-refractivity contribution in [3.63, 3.8) is 0 Å². The lowest BCUT2D eigenvalue weighted by Gasteiger charge is -2.35. The summed E-state index contributed by atoms with van der Waals surface area (Å²) < 4.78 is 0. The number of aliphatic hydroxyl groups is 1. The minimum Gasteiger partial charge on any atom is -0.391 e. The highest BCUT2D eigenvalue weighted by Crippen LogP contribution is 2.28. The van der Waals surface area contributed by atoms with E-state index in [1.165, 1.54) is 0 Å². The van der Waals surface area contributed by atoms with Crippen LogP contribution in [0.4, 0.5) is 5.13 Å². The summed E-state index contributed by atoms with van der Waals surface area (Å²) in [6.07, 6.45) is 2.05. The number of hydrogen-bond acceptors (Lipinski definition) is 6. The Hall–Kier alpha value is -0.690. The number of thiazole rings is 1. The van der Waals surface area contributed by atoms with E-state index in [1.807, 2.05) is 0 Å². The van der Waals surface area contributed by atoms with E-state index >= 15 is 0 Å². The molecule has 0 saturated carbocycles. The first kappa shape index (κ1) is 16.7. The van der Waals surface area contributed by atoms with Gasteiger partial charge in [-0.25, -0.2) is 4.98 Å². The lowest BCUT2D eigenvalue weighted by Crippen LogP contribution is -2.48. The third kappa shape index (κ3) is 4.64. The van der Waals surface area contributed by atoms with Crippen LogP contribution in [-0.4, -0.2) is 73.3 Å². The molecule has 21 heavy (non-hydrogen) atoms. The zero-order valence-corrected chi connectivity index (χ0v) is 14.3. The predicted octanol–water partition coefficient (Wildman–Crippen LogP) is 1.27. The Morgan fingerprint density at radius 1 is 1.24 bits per heavy atom. The SMILES string of the molecule is CCCc1nc(N2CCN(CCN(C)C)CC2)sc1CO. The summed E-state index contributed by atoms with van der Waals surface area (Å²) in [5.74, 6) is 0. The molecule has 1 aliphatic heterocycles. The van der Waals surface area contributed by atoms with Gasteiger partial charge >= 0.3 is 0 Å². The topological polar surface area (TPSA) is 42.8 Å². The highest BCUT2D eigenvalue weighted by atomic mass is 32.1. The Bertz CT molecular complexity index is 427. The van der Waals surface area contributed by atoms with E-state index < -0.39 is 0 Å². The lowest BCUT2D eigenvalue weighted by molar-refractivity contribution is 0.229. The summed E-state index contributed by atoms with van der Waals surface area (Å²) in [7, 11) is 4.25. The van der Waals surface area contributed by atoms with Crippen LogP contribution in [0.1, 0.15) is 23.9 Å². The molecule has 1 aliphatic rings. The van der Waals surface area contributed by atoms with Gasteiger partial charge in [0.1, 0.15) is 0 Å². The maximum absolute atomic E-state index is 9.46. The summed E-state index contributed by atoms with van der Waals surface area (Å²) in [6, 6.07) is 0. The van der Waals surface area contributed by atoms with E-state index in [2.05, 4.69) is 35.7 Å². The molecule has 1 aromatic heterocycles. The Balaban J connectivity index is 1.89. The number of hydrogen-bond donors (Lipinski definition) is 1. The Morgan fingerprint density at radius 3 is 2.52 bits per heavy atom. The standard InChI is InChI=1S/C15H28N4OS/c1-4-5-13-14(12-20)21-15(16-13)19-10-8-18(9-11-19)7-6-17(2)3/h20H,4-12H2,1-3H3. The van der Waals surface area contributed by atoms with Gasteiger partial charge in [-0.1, -0.05) is 24.7 Å². The first-order valence-corrected chi connectivity index (χ1v) is 8.67. The third-order valence-electron chi connectivity index (χ3n) is 3.90. The second kappa shape index (κ2) is 8.08. The van der Waals surface area contributed by atoms with Crippen LogP contribution in [-0.2, 0) is 13.0 Å². The molecule has 0 aromatic carbocycles. The third-order valence-corrected chi connectivity index (χ3v) is 5.05. The number of nitrogens with zero attached hydrogens (tertiary/aromatic N) is 4. The van der Waals surface area contributed by atoms with Crippen LogP contribution in [0.2, 0.25) is 0 Å². The summed E-state index contributed by atoms with van der Waals surface area (Å²) in [5.41, 5.74) is 1.09. The predicted molar refractivity (Wildman–Crippen MR) is 89.2 cm³/mol. The average Bonchev–Trinajstić information content (AvgIpc) is 2.89. The number of likely N-dealkylation sites (N-methyl/N-ethyl adjacent to an activating group) is 1. The summed E-state index contributed by atoms with van der Waals surface area (Å²) in [6.45, 7) is 8.82. The normalized spacial score (nSPS) is 16.9. The molecule has 0 bridgehead atoms. The number of aliphatic hydroxyl groups excluding tert-OH is 1. The van der Waals surface area contributed by atoms with Crippen molar-refractivity contribution in [1.29, 1.82) is 0 Å². The zero-order chi connectivity index (χ0) is 15.2. The molecular formula is C15H28N4OS. The smallest absolute Gasteiger partial charge is 0.185 e. The first-order chi connectivity index (χ1) is 10.1. The van der Waals surface area contributed by atoms with Gasteiger partial charge in [0.15, 0.2) is 5.13 Å². The molecule has 2 heterocycles. The van der Waals surface area contributed by atoms with Crippen molar-refractivity contribution in [1.82, 2.24) is 14.8 Å². The van der Waals surface area contributed by atoms with Gasteiger partial charge < -0.3 is 14.9 Å². The maximum atomic E-state index is 9.46. The van der Waals surface area contributed by atoms with E-state index in [0.717, 1.165) is 67.8 Å². The number of rotatable bonds is 7. The van der Waals surface area contributed by atoms with Crippen molar-refractivity contribution in [2.24, 2.45) is 0 Å². The molecule has 1 N–H and O–H groups in total. The van der Waals surface area contributed by atoms with Crippen LogP contribution < -0.4 is 4.90 Å². The second-order valence-corrected chi connectivity index (χ2v) is 6.97. The highest BCUT2D eigenvalue weighted by molar-refractivity contribution is 7.15. The van der Waals surface area contributed by atoms with Crippen molar-refractivity contribution in [3.8, 4) is 0 Å². The molecule has 1 fully saturated rings. The Kier molecular flexibility index (Phi) is 6.41. The molecule has 1 aromatic rings. The molecule has 0 amide bonds. The van der Waals surface area contributed by atoms with E-state index in [0.29, 0.717) is 0 Å². The van der Waals surface area contributed by atoms with E-state index in [-0.39, 0.29) is 6.61 Å². The highest BCUT2D eigenvalue weighted by Gasteiger charge is 2.21. The summed E-state index contributed by atoms with van der Waals surface area (Å²) in [5, 5.41) is 10.6.